The standard InChI is InChI=1S/C22H25NO4/c1-22(2,25)20-14-26-12-11-23(20)21(24)27-13-19-17-9-5-3-7-15(17)16-8-4-6-10-18(16)19/h3-10,19-20,25H,11-14H2,1-2H3. The fourth-order valence-electron chi connectivity index (χ4n) is 4.08. The molecule has 1 amide bonds. The van der Waals surface area contributed by atoms with E-state index < -0.39 is 17.7 Å². The van der Waals surface area contributed by atoms with Gasteiger partial charge in [0.1, 0.15) is 6.61 Å². The highest BCUT2D eigenvalue weighted by molar-refractivity contribution is 5.79. The van der Waals surface area contributed by atoms with Crippen molar-refractivity contribution in [3.63, 3.8) is 0 Å². The summed E-state index contributed by atoms with van der Waals surface area (Å²) in [6, 6.07) is 16.1. The third-order valence-electron chi connectivity index (χ3n) is 5.51. The summed E-state index contributed by atoms with van der Waals surface area (Å²) >= 11 is 0. The first-order valence-corrected chi connectivity index (χ1v) is 9.38. The van der Waals surface area contributed by atoms with Gasteiger partial charge in [-0.1, -0.05) is 48.5 Å². The first kappa shape index (κ1) is 18.0. The first-order chi connectivity index (χ1) is 13.0. The number of aliphatic hydroxyl groups is 1. The number of carbonyl (C=O) groups excluding carboxylic acids is 1. The molecule has 0 saturated carbocycles. The highest BCUT2D eigenvalue weighted by Gasteiger charge is 2.39. The molecule has 1 N–H and O–H groups in total. The van der Waals surface area contributed by atoms with Crippen LogP contribution in [0.15, 0.2) is 48.5 Å². The number of morpholine rings is 1. The smallest absolute Gasteiger partial charge is 0.410 e. The number of fused-ring (bicyclic) bond motifs is 3. The largest absolute Gasteiger partial charge is 0.448 e. The minimum absolute atomic E-state index is 0.0305. The number of benzene rings is 2. The monoisotopic (exact) mass is 367 g/mol. The zero-order chi connectivity index (χ0) is 19.0. The van der Waals surface area contributed by atoms with Crippen molar-refractivity contribution in [2.45, 2.75) is 31.4 Å². The van der Waals surface area contributed by atoms with Crippen LogP contribution >= 0.6 is 0 Å². The van der Waals surface area contributed by atoms with E-state index in [1.54, 1.807) is 18.7 Å². The van der Waals surface area contributed by atoms with Crippen molar-refractivity contribution in [1.29, 1.82) is 0 Å². The van der Waals surface area contributed by atoms with Gasteiger partial charge in [-0.25, -0.2) is 4.79 Å². The SMILES string of the molecule is CC(C)(O)C1COCCN1C(=O)OCC1c2ccccc2-c2ccccc21. The second kappa shape index (κ2) is 6.98. The Hall–Kier alpha value is -2.37. The molecule has 5 heteroatoms. The molecule has 1 unspecified atom stereocenters. The number of amides is 1. The van der Waals surface area contributed by atoms with E-state index in [9.17, 15) is 9.90 Å². The van der Waals surface area contributed by atoms with Gasteiger partial charge in [0.2, 0.25) is 0 Å². The molecule has 1 aliphatic heterocycles. The van der Waals surface area contributed by atoms with Crippen LogP contribution in [0.4, 0.5) is 4.79 Å². The Morgan fingerprint density at radius 2 is 1.74 bits per heavy atom. The Morgan fingerprint density at radius 3 is 2.33 bits per heavy atom. The van der Waals surface area contributed by atoms with Crippen LogP contribution in [0.1, 0.15) is 30.9 Å². The molecule has 1 saturated heterocycles. The maximum atomic E-state index is 12.8. The number of hydrogen-bond acceptors (Lipinski definition) is 4. The average molecular weight is 367 g/mol. The summed E-state index contributed by atoms with van der Waals surface area (Å²) in [6.45, 7) is 4.85. The van der Waals surface area contributed by atoms with Crippen molar-refractivity contribution in [1.82, 2.24) is 4.90 Å². The van der Waals surface area contributed by atoms with Gasteiger partial charge in [0.05, 0.1) is 24.9 Å². The summed E-state index contributed by atoms with van der Waals surface area (Å²) in [5.41, 5.74) is 3.73. The fraction of sp³-hybridized carbons (Fsp3) is 0.409. The zero-order valence-electron chi connectivity index (χ0n) is 15.7. The van der Waals surface area contributed by atoms with Gasteiger partial charge >= 0.3 is 6.09 Å². The van der Waals surface area contributed by atoms with E-state index in [0.29, 0.717) is 19.8 Å². The summed E-state index contributed by atoms with van der Waals surface area (Å²) in [5.74, 6) is 0.0305. The van der Waals surface area contributed by atoms with Crippen molar-refractivity contribution in [2.75, 3.05) is 26.4 Å². The molecule has 2 aromatic rings. The molecule has 142 valence electrons. The summed E-state index contributed by atoms with van der Waals surface area (Å²) < 4.78 is 11.2. The molecule has 27 heavy (non-hydrogen) atoms. The van der Waals surface area contributed by atoms with E-state index >= 15 is 0 Å². The predicted octanol–water partition coefficient (Wildman–Crippen LogP) is 3.41. The number of hydrogen-bond donors (Lipinski definition) is 1. The van der Waals surface area contributed by atoms with Crippen LogP contribution in [0.2, 0.25) is 0 Å². The summed E-state index contributed by atoms with van der Waals surface area (Å²) in [6.07, 6.45) is -0.396. The van der Waals surface area contributed by atoms with Crippen molar-refractivity contribution in [3.05, 3.63) is 59.7 Å². The highest BCUT2D eigenvalue weighted by atomic mass is 16.6. The minimum atomic E-state index is -1.05. The van der Waals surface area contributed by atoms with E-state index in [0.717, 1.165) is 0 Å². The van der Waals surface area contributed by atoms with Gasteiger partial charge < -0.3 is 14.6 Å². The topological polar surface area (TPSA) is 59.0 Å². The third kappa shape index (κ3) is 3.33. The van der Waals surface area contributed by atoms with E-state index in [-0.39, 0.29) is 12.5 Å². The minimum Gasteiger partial charge on any atom is -0.448 e. The van der Waals surface area contributed by atoms with Gasteiger partial charge in [-0.05, 0) is 36.1 Å². The first-order valence-electron chi connectivity index (χ1n) is 9.38. The molecule has 0 spiro atoms. The van der Waals surface area contributed by atoms with Crippen molar-refractivity contribution in [2.24, 2.45) is 0 Å². The number of nitrogens with zero attached hydrogens (tertiary/aromatic N) is 1. The van der Waals surface area contributed by atoms with Gasteiger partial charge in [-0.15, -0.1) is 0 Å². The number of ether oxygens (including phenoxy) is 2. The number of rotatable bonds is 3. The molecule has 2 aromatic carbocycles. The lowest BCUT2D eigenvalue weighted by atomic mass is 9.97. The van der Waals surface area contributed by atoms with E-state index in [1.165, 1.54) is 22.3 Å². The Labute approximate surface area is 159 Å². The van der Waals surface area contributed by atoms with Gasteiger partial charge in [-0.3, -0.25) is 4.90 Å². The van der Waals surface area contributed by atoms with E-state index in [1.807, 2.05) is 24.3 Å². The molecular formula is C22H25NO4. The van der Waals surface area contributed by atoms with Crippen LogP contribution in [-0.2, 0) is 9.47 Å². The van der Waals surface area contributed by atoms with Crippen LogP contribution in [0.25, 0.3) is 11.1 Å². The van der Waals surface area contributed by atoms with Gasteiger partial charge in [-0.2, -0.15) is 0 Å². The lowest BCUT2D eigenvalue weighted by Gasteiger charge is -2.41. The van der Waals surface area contributed by atoms with Crippen molar-refractivity contribution < 1.29 is 19.4 Å². The summed E-state index contributed by atoms with van der Waals surface area (Å²) in [4.78, 5) is 14.4. The van der Waals surface area contributed by atoms with Crippen LogP contribution in [-0.4, -0.2) is 54.1 Å². The fourth-order valence-corrected chi connectivity index (χ4v) is 4.08. The highest BCUT2D eigenvalue weighted by Crippen LogP contribution is 2.44. The van der Waals surface area contributed by atoms with E-state index in [2.05, 4.69) is 24.3 Å². The van der Waals surface area contributed by atoms with Crippen LogP contribution in [0, 0.1) is 0 Å². The molecule has 4 rings (SSSR count). The summed E-state index contributed by atoms with van der Waals surface area (Å²) in [5, 5.41) is 10.4. The Balaban J connectivity index is 1.52. The molecule has 2 aliphatic rings. The Morgan fingerprint density at radius 1 is 1.15 bits per heavy atom. The van der Waals surface area contributed by atoms with Gasteiger partial charge in [0, 0.05) is 12.5 Å². The van der Waals surface area contributed by atoms with Crippen LogP contribution in [0.3, 0.4) is 0 Å². The normalized spacial score (nSPS) is 19.5. The molecule has 5 nitrogen and oxygen atoms in total. The lowest BCUT2D eigenvalue weighted by molar-refractivity contribution is -0.0881. The Kier molecular flexibility index (Phi) is 4.66. The third-order valence-corrected chi connectivity index (χ3v) is 5.51. The summed E-state index contributed by atoms with van der Waals surface area (Å²) in [7, 11) is 0. The average Bonchev–Trinajstić information content (AvgIpc) is 2.99. The Bertz CT molecular complexity index is 797. The predicted molar refractivity (Wildman–Crippen MR) is 103 cm³/mol. The van der Waals surface area contributed by atoms with Crippen LogP contribution < -0.4 is 0 Å². The maximum absolute atomic E-state index is 12.8. The second-order valence-electron chi connectivity index (χ2n) is 7.74. The quantitative estimate of drug-likeness (QED) is 0.903. The van der Waals surface area contributed by atoms with Crippen LogP contribution in [0.5, 0.6) is 0 Å². The molecule has 1 aliphatic carbocycles. The lowest BCUT2D eigenvalue weighted by Crippen LogP contribution is -2.58. The van der Waals surface area contributed by atoms with Gasteiger partial charge in [0.15, 0.2) is 0 Å². The van der Waals surface area contributed by atoms with Crippen molar-refractivity contribution in [3.8, 4) is 11.1 Å². The zero-order valence-corrected chi connectivity index (χ0v) is 15.7. The molecule has 1 fully saturated rings. The van der Waals surface area contributed by atoms with Crippen molar-refractivity contribution >= 4 is 6.09 Å². The second-order valence-corrected chi connectivity index (χ2v) is 7.74. The maximum Gasteiger partial charge on any atom is 0.410 e. The van der Waals surface area contributed by atoms with E-state index in [4.69, 9.17) is 9.47 Å². The van der Waals surface area contributed by atoms with Gasteiger partial charge in [0.25, 0.3) is 0 Å². The molecule has 1 heterocycles. The molecule has 0 radical (unpaired) electrons. The molecule has 0 aromatic heterocycles. The number of carbonyl (C=O) groups is 1. The molecule has 0 bridgehead atoms. The molecular weight excluding hydrogens is 342 g/mol. The molecule has 1 atom stereocenters.